The van der Waals surface area contributed by atoms with E-state index in [1.54, 1.807) is 47.6 Å². The van der Waals surface area contributed by atoms with Crippen LogP contribution in [-0.2, 0) is 11.2 Å². The molecule has 2 heterocycles. The molecule has 0 aliphatic carbocycles. The smallest absolute Gasteiger partial charge is 0.254 e. The van der Waals surface area contributed by atoms with Crippen LogP contribution in [0.3, 0.4) is 0 Å². The summed E-state index contributed by atoms with van der Waals surface area (Å²) in [4.78, 5) is 32.1. The van der Waals surface area contributed by atoms with E-state index < -0.39 is 0 Å². The number of methoxy groups -OCH3 is 1. The van der Waals surface area contributed by atoms with E-state index in [-0.39, 0.29) is 24.4 Å². The normalized spacial score (nSPS) is 14.8. The maximum absolute atomic E-state index is 13.7. The highest BCUT2D eigenvalue weighted by Crippen LogP contribution is 2.34. The average Bonchev–Trinajstić information content (AvgIpc) is 3.39. The first-order chi connectivity index (χ1) is 17.9. The molecule has 0 fully saturated rings. The van der Waals surface area contributed by atoms with Crippen molar-refractivity contribution in [1.29, 1.82) is 0 Å². The van der Waals surface area contributed by atoms with E-state index in [0.717, 1.165) is 24.2 Å². The van der Waals surface area contributed by atoms with Crippen LogP contribution >= 0.6 is 11.3 Å². The first-order valence-corrected chi connectivity index (χ1v) is 13.7. The third-order valence-corrected chi connectivity index (χ3v) is 7.77. The Kier molecular flexibility index (Phi) is 8.87. The van der Waals surface area contributed by atoms with E-state index in [2.05, 4.69) is 25.3 Å². The topological polar surface area (TPSA) is 59.1 Å². The van der Waals surface area contributed by atoms with Crippen molar-refractivity contribution in [3.05, 3.63) is 81.5 Å². The maximum Gasteiger partial charge on any atom is 0.254 e. The van der Waals surface area contributed by atoms with Crippen LogP contribution in [-0.4, -0.2) is 55.0 Å². The number of benzene rings is 2. The predicted molar refractivity (Wildman–Crippen MR) is 148 cm³/mol. The third-order valence-electron chi connectivity index (χ3n) is 6.77. The number of thiophene rings is 1. The minimum Gasteiger partial charge on any atom is -0.497 e. The van der Waals surface area contributed by atoms with Crippen LogP contribution in [0.1, 0.15) is 52.7 Å². The molecule has 0 bridgehead atoms. The van der Waals surface area contributed by atoms with Crippen molar-refractivity contribution < 1.29 is 19.1 Å². The van der Waals surface area contributed by atoms with Crippen molar-refractivity contribution in [2.24, 2.45) is 5.92 Å². The van der Waals surface area contributed by atoms with Crippen molar-refractivity contribution >= 4 is 23.2 Å². The Bertz CT molecular complexity index is 1190. The summed E-state index contributed by atoms with van der Waals surface area (Å²) >= 11 is 1.73. The Morgan fingerprint density at radius 2 is 1.76 bits per heavy atom. The molecule has 2 amide bonds. The monoisotopic (exact) mass is 520 g/mol. The predicted octanol–water partition coefficient (Wildman–Crippen LogP) is 5.76. The molecule has 6 nitrogen and oxygen atoms in total. The highest BCUT2D eigenvalue weighted by atomic mass is 32.1. The Morgan fingerprint density at radius 3 is 2.43 bits per heavy atom. The molecule has 37 heavy (non-hydrogen) atoms. The van der Waals surface area contributed by atoms with Gasteiger partial charge in [-0.05, 0) is 79.1 Å². The molecule has 1 unspecified atom stereocenters. The van der Waals surface area contributed by atoms with Crippen LogP contribution in [0.25, 0.3) is 0 Å². The molecule has 3 aromatic rings. The standard InChI is InChI=1S/C30H36N2O4S/c1-21(2)13-16-31(30(34)23-7-11-24(35-4)12-8-23)19-29(33)32-17-14-28-26(15-18-37-28)27(32)20-36-25-9-5-22(3)6-10-25/h5-12,15,18,21,27H,13-14,16-17,19-20H2,1-4H3. The van der Waals surface area contributed by atoms with E-state index in [9.17, 15) is 9.59 Å². The van der Waals surface area contributed by atoms with E-state index in [0.29, 0.717) is 36.9 Å². The van der Waals surface area contributed by atoms with Crippen molar-refractivity contribution in [2.45, 2.75) is 39.7 Å². The van der Waals surface area contributed by atoms with Crippen LogP contribution < -0.4 is 9.47 Å². The molecule has 7 heteroatoms. The average molecular weight is 521 g/mol. The highest BCUT2D eigenvalue weighted by Gasteiger charge is 2.33. The molecule has 196 valence electrons. The lowest BCUT2D eigenvalue weighted by Crippen LogP contribution is -2.48. The SMILES string of the molecule is COc1ccc(C(=O)N(CCC(C)C)CC(=O)N2CCc3sccc3C2COc2ccc(C)cc2)cc1. The molecule has 0 spiro atoms. The van der Waals surface area contributed by atoms with Gasteiger partial charge in [-0.2, -0.15) is 0 Å². The van der Waals surface area contributed by atoms with Gasteiger partial charge in [0, 0.05) is 23.5 Å². The summed E-state index contributed by atoms with van der Waals surface area (Å²) in [6.07, 6.45) is 1.64. The van der Waals surface area contributed by atoms with Crippen molar-refractivity contribution in [1.82, 2.24) is 9.80 Å². The summed E-state index contributed by atoms with van der Waals surface area (Å²) in [7, 11) is 1.60. The fourth-order valence-corrected chi connectivity index (χ4v) is 5.45. The summed E-state index contributed by atoms with van der Waals surface area (Å²) in [6.45, 7) is 7.84. The summed E-state index contributed by atoms with van der Waals surface area (Å²) in [6, 6.07) is 16.9. The zero-order valence-electron chi connectivity index (χ0n) is 22.1. The first kappa shape index (κ1) is 26.7. The van der Waals surface area contributed by atoms with Gasteiger partial charge in [0.25, 0.3) is 5.91 Å². The number of carbonyl (C=O) groups is 2. The zero-order chi connectivity index (χ0) is 26.4. The quantitative estimate of drug-likeness (QED) is 0.341. The highest BCUT2D eigenvalue weighted by molar-refractivity contribution is 7.10. The molecule has 1 aliphatic rings. The van der Waals surface area contributed by atoms with Crippen molar-refractivity contribution in [3.8, 4) is 11.5 Å². The molecule has 4 rings (SSSR count). The Morgan fingerprint density at radius 1 is 1.05 bits per heavy atom. The fourth-order valence-electron chi connectivity index (χ4n) is 4.52. The van der Waals surface area contributed by atoms with Gasteiger partial charge in [0.2, 0.25) is 5.91 Å². The molecule has 0 radical (unpaired) electrons. The Balaban J connectivity index is 1.52. The number of nitrogens with zero attached hydrogens (tertiary/aromatic N) is 2. The molecule has 1 aromatic heterocycles. The lowest BCUT2D eigenvalue weighted by Gasteiger charge is -2.37. The number of ether oxygens (including phenoxy) is 2. The molecule has 1 aliphatic heterocycles. The zero-order valence-corrected chi connectivity index (χ0v) is 22.9. The lowest BCUT2D eigenvalue weighted by molar-refractivity contribution is -0.135. The van der Waals surface area contributed by atoms with E-state index in [1.807, 2.05) is 36.1 Å². The third kappa shape index (κ3) is 6.72. The van der Waals surface area contributed by atoms with E-state index in [1.165, 1.54) is 10.4 Å². The number of fused-ring (bicyclic) bond motifs is 1. The number of carbonyl (C=O) groups excluding carboxylic acids is 2. The van der Waals surface area contributed by atoms with Gasteiger partial charge in [-0.25, -0.2) is 0 Å². The van der Waals surface area contributed by atoms with Crippen molar-refractivity contribution in [3.63, 3.8) is 0 Å². The van der Waals surface area contributed by atoms with Crippen LogP contribution in [0.5, 0.6) is 11.5 Å². The maximum atomic E-state index is 13.7. The molecule has 0 saturated carbocycles. The second kappa shape index (κ2) is 12.3. The first-order valence-electron chi connectivity index (χ1n) is 12.8. The summed E-state index contributed by atoms with van der Waals surface area (Å²) in [5, 5.41) is 2.08. The number of amides is 2. The van der Waals surface area contributed by atoms with Gasteiger partial charge in [0.1, 0.15) is 24.7 Å². The fraction of sp³-hybridized carbons (Fsp3) is 0.400. The number of hydrogen-bond donors (Lipinski definition) is 0. The molecular weight excluding hydrogens is 484 g/mol. The van der Waals surface area contributed by atoms with Gasteiger partial charge in [-0.1, -0.05) is 31.5 Å². The number of aryl methyl sites for hydroxylation is 1. The second-order valence-corrected chi connectivity index (χ2v) is 10.9. The van der Waals surface area contributed by atoms with Gasteiger partial charge in [-0.3, -0.25) is 9.59 Å². The summed E-state index contributed by atoms with van der Waals surface area (Å²) in [5.41, 5.74) is 2.87. The Labute approximate surface area is 223 Å². The second-order valence-electron chi connectivity index (χ2n) is 9.91. The van der Waals surface area contributed by atoms with Gasteiger partial charge in [0.15, 0.2) is 0 Å². The van der Waals surface area contributed by atoms with Crippen LogP contribution in [0.4, 0.5) is 0 Å². The van der Waals surface area contributed by atoms with Gasteiger partial charge < -0.3 is 19.3 Å². The van der Waals surface area contributed by atoms with Crippen LogP contribution in [0.2, 0.25) is 0 Å². The molecule has 0 saturated heterocycles. The minimum absolute atomic E-state index is 0.0398. The number of hydrogen-bond acceptors (Lipinski definition) is 5. The van der Waals surface area contributed by atoms with Gasteiger partial charge in [-0.15, -0.1) is 11.3 Å². The van der Waals surface area contributed by atoms with Gasteiger partial charge >= 0.3 is 0 Å². The Hall–Kier alpha value is -3.32. The van der Waals surface area contributed by atoms with Crippen LogP contribution in [0.15, 0.2) is 60.0 Å². The molecule has 2 aromatic carbocycles. The largest absolute Gasteiger partial charge is 0.497 e. The van der Waals surface area contributed by atoms with Gasteiger partial charge in [0.05, 0.1) is 13.2 Å². The minimum atomic E-state index is -0.188. The summed E-state index contributed by atoms with van der Waals surface area (Å²) in [5.74, 6) is 1.70. The van der Waals surface area contributed by atoms with Crippen LogP contribution in [0, 0.1) is 12.8 Å². The summed E-state index contributed by atoms with van der Waals surface area (Å²) < 4.78 is 11.4. The van der Waals surface area contributed by atoms with E-state index >= 15 is 0 Å². The molecular formula is C30H36N2O4S. The molecule has 1 atom stereocenters. The van der Waals surface area contributed by atoms with E-state index in [4.69, 9.17) is 9.47 Å². The van der Waals surface area contributed by atoms with Crippen molar-refractivity contribution in [2.75, 3.05) is 33.4 Å². The number of rotatable bonds is 10. The molecule has 0 N–H and O–H groups in total. The lowest BCUT2D eigenvalue weighted by atomic mass is 10.00.